The minimum Gasteiger partial charge on any atom is -0.488 e. The van der Waals surface area contributed by atoms with Crippen molar-refractivity contribution in [2.75, 3.05) is 44.2 Å². The predicted octanol–water partition coefficient (Wildman–Crippen LogP) is 3.58. The first-order valence-electron chi connectivity index (χ1n) is 11.6. The van der Waals surface area contributed by atoms with Crippen molar-refractivity contribution >= 4 is 29.9 Å². The van der Waals surface area contributed by atoms with Gasteiger partial charge in [-0.15, -0.1) is 12.4 Å². The van der Waals surface area contributed by atoms with Crippen molar-refractivity contribution in [3.05, 3.63) is 24.3 Å². The molecule has 1 aromatic carbocycles. The highest BCUT2D eigenvalue weighted by Crippen LogP contribution is 2.33. The molecule has 2 aliphatic heterocycles. The van der Waals surface area contributed by atoms with Crippen LogP contribution in [0.4, 0.5) is 5.69 Å². The van der Waals surface area contributed by atoms with Gasteiger partial charge in [-0.05, 0) is 50.8 Å². The smallest absolute Gasteiger partial charge is 0.232 e. The molecular weight excluding hydrogens is 414 g/mol. The lowest BCUT2D eigenvalue weighted by Gasteiger charge is -2.37. The molecule has 6 nitrogen and oxygen atoms in total. The van der Waals surface area contributed by atoms with Crippen LogP contribution in [0.25, 0.3) is 0 Å². The van der Waals surface area contributed by atoms with Crippen LogP contribution in [0, 0.1) is 11.8 Å². The molecular formula is C24H36ClN3O3. The topological polar surface area (TPSA) is 53.1 Å². The SMILES string of the molecule is CC1C(=O)N(CCCN2CCN(c3ccccc3OC3CCCC3)CC2)C(=O)C1C.Cl. The maximum atomic E-state index is 12.2. The van der Waals surface area contributed by atoms with Crippen molar-refractivity contribution in [1.82, 2.24) is 9.80 Å². The number of likely N-dealkylation sites (tertiary alicyclic amines) is 1. The Bertz CT molecular complexity index is 740. The molecule has 2 heterocycles. The van der Waals surface area contributed by atoms with E-state index in [4.69, 9.17) is 4.74 Å². The highest BCUT2D eigenvalue weighted by molar-refractivity contribution is 6.04. The molecule has 1 saturated carbocycles. The highest BCUT2D eigenvalue weighted by Gasteiger charge is 2.41. The van der Waals surface area contributed by atoms with Gasteiger partial charge in [-0.1, -0.05) is 26.0 Å². The minimum absolute atomic E-state index is 0. The van der Waals surface area contributed by atoms with Crippen LogP contribution < -0.4 is 9.64 Å². The van der Waals surface area contributed by atoms with Gasteiger partial charge in [0.1, 0.15) is 5.75 Å². The number of ether oxygens (including phenoxy) is 1. The van der Waals surface area contributed by atoms with Gasteiger partial charge in [-0.25, -0.2) is 0 Å². The second-order valence-electron chi connectivity index (χ2n) is 9.08. The van der Waals surface area contributed by atoms with Crippen LogP contribution in [0.5, 0.6) is 5.75 Å². The van der Waals surface area contributed by atoms with E-state index in [0.29, 0.717) is 12.6 Å². The number of hydrogen-bond donors (Lipinski definition) is 0. The molecule has 2 atom stereocenters. The fourth-order valence-electron chi connectivity index (χ4n) is 4.92. The number of hydrogen-bond acceptors (Lipinski definition) is 5. The highest BCUT2D eigenvalue weighted by atomic mass is 35.5. The number of carbonyl (C=O) groups is 2. The van der Waals surface area contributed by atoms with Crippen LogP contribution in [-0.2, 0) is 9.59 Å². The van der Waals surface area contributed by atoms with Crippen LogP contribution in [0.3, 0.4) is 0 Å². The number of anilines is 1. The van der Waals surface area contributed by atoms with Crippen molar-refractivity contribution in [2.24, 2.45) is 11.8 Å². The molecule has 2 saturated heterocycles. The number of carbonyl (C=O) groups excluding carboxylic acids is 2. The molecule has 7 heteroatoms. The molecule has 1 aliphatic carbocycles. The number of piperazine rings is 1. The Balaban J connectivity index is 0.00000272. The molecule has 4 rings (SSSR count). The maximum Gasteiger partial charge on any atom is 0.232 e. The van der Waals surface area contributed by atoms with Crippen molar-refractivity contribution in [2.45, 2.75) is 52.1 Å². The molecule has 0 spiro atoms. The third-order valence-corrected chi connectivity index (χ3v) is 7.09. The molecule has 1 aromatic rings. The predicted molar refractivity (Wildman–Crippen MR) is 125 cm³/mol. The Morgan fingerprint density at radius 2 is 1.52 bits per heavy atom. The van der Waals surface area contributed by atoms with Gasteiger partial charge >= 0.3 is 0 Å². The van der Waals surface area contributed by atoms with Crippen LogP contribution in [-0.4, -0.2) is 67.0 Å². The molecule has 3 aliphatic rings. The lowest BCUT2D eigenvalue weighted by molar-refractivity contribution is -0.139. The summed E-state index contributed by atoms with van der Waals surface area (Å²) in [5, 5.41) is 0. The molecule has 31 heavy (non-hydrogen) atoms. The number of rotatable bonds is 7. The van der Waals surface area contributed by atoms with Crippen LogP contribution in [0.1, 0.15) is 46.0 Å². The number of benzene rings is 1. The van der Waals surface area contributed by atoms with E-state index in [2.05, 4.69) is 34.1 Å². The number of imide groups is 1. The largest absolute Gasteiger partial charge is 0.488 e. The van der Waals surface area contributed by atoms with Gasteiger partial charge < -0.3 is 9.64 Å². The van der Waals surface area contributed by atoms with Gasteiger partial charge in [-0.3, -0.25) is 19.4 Å². The van der Waals surface area contributed by atoms with Gasteiger partial charge in [0.2, 0.25) is 11.8 Å². The summed E-state index contributed by atoms with van der Waals surface area (Å²) in [6.45, 7) is 9.12. The molecule has 3 fully saturated rings. The monoisotopic (exact) mass is 449 g/mol. The second-order valence-corrected chi connectivity index (χ2v) is 9.08. The van der Waals surface area contributed by atoms with E-state index >= 15 is 0 Å². The summed E-state index contributed by atoms with van der Waals surface area (Å²) < 4.78 is 6.32. The quantitative estimate of drug-likeness (QED) is 0.595. The van der Waals surface area contributed by atoms with Gasteiger partial charge in [0, 0.05) is 44.6 Å². The van der Waals surface area contributed by atoms with Gasteiger partial charge in [0.25, 0.3) is 0 Å². The molecule has 0 aromatic heterocycles. The number of halogens is 1. The first-order valence-corrected chi connectivity index (χ1v) is 11.6. The summed E-state index contributed by atoms with van der Waals surface area (Å²) in [5.74, 6) is 0.666. The molecule has 0 radical (unpaired) electrons. The third-order valence-electron chi connectivity index (χ3n) is 7.09. The first-order chi connectivity index (χ1) is 14.5. The van der Waals surface area contributed by atoms with E-state index in [0.717, 1.165) is 44.9 Å². The van der Waals surface area contributed by atoms with Gasteiger partial charge in [0.05, 0.1) is 11.8 Å². The molecule has 2 unspecified atom stereocenters. The van der Waals surface area contributed by atoms with Crippen LogP contribution in [0.2, 0.25) is 0 Å². The summed E-state index contributed by atoms with van der Waals surface area (Å²) in [6.07, 6.45) is 6.10. The van der Waals surface area contributed by atoms with Crippen LogP contribution >= 0.6 is 12.4 Å². The first kappa shape index (κ1) is 23.9. The zero-order valence-electron chi connectivity index (χ0n) is 18.8. The lowest BCUT2D eigenvalue weighted by Crippen LogP contribution is -2.47. The summed E-state index contributed by atoms with van der Waals surface area (Å²) in [4.78, 5) is 30.8. The number of para-hydroxylation sites is 2. The molecule has 0 bridgehead atoms. The Hall–Kier alpha value is -1.79. The van der Waals surface area contributed by atoms with Crippen molar-refractivity contribution in [3.8, 4) is 5.75 Å². The zero-order valence-corrected chi connectivity index (χ0v) is 19.6. The summed E-state index contributed by atoms with van der Waals surface area (Å²) in [7, 11) is 0. The van der Waals surface area contributed by atoms with E-state index < -0.39 is 0 Å². The Morgan fingerprint density at radius 3 is 2.16 bits per heavy atom. The third kappa shape index (κ3) is 5.35. The van der Waals surface area contributed by atoms with E-state index in [-0.39, 0.29) is 36.1 Å². The van der Waals surface area contributed by atoms with Gasteiger partial charge in [-0.2, -0.15) is 0 Å². The van der Waals surface area contributed by atoms with Crippen molar-refractivity contribution in [3.63, 3.8) is 0 Å². The molecule has 172 valence electrons. The minimum atomic E-state index is -0.174. The van der Waals surface area contributed by atoms with Crippen LogP contribution in [0.15, 0.2) is 24.3 Å². The summed E-state index contributed by atoms with van der Waals surface area (Å²) in [5.41, 5.74) is 1.21. The van der Waals surface area contributed by atoms with E-state index in [1.807, 2.05) is 13.8 Å². The molecule has 2 amide bonds. The summed E-state index contributed by atoms with van der Waals surface area (Å²) >= 11 is 0. The number of nitrogens with zero attached hydrogens (tertiary/aromatic N) is 3. The normalized spacial score (nSPS) is 25.2. The number of amides is 2. The maximum absolute atomic E-state index is 12.2. The van der Waals surface area contributed by atoms with E-state index in [1.54, 1.807) is 0 Å². The fraction of sp³-hybridized carbons (Fsp3) is 0.667. The Labute approximate surface area is 192 Å². The average Bonchev–Trinajstić information content (AvgIpc) is 3.34. The molecule has 0 N–H and O–H groups in total. The summed E-state index contributed by atoms with van der Waals surface area (Å²) in [6, 6.07) is 8.43. The van der Waals surface area contributed by atoms with E-state index in [1.165, 1.54) is 36.3 Å². The Kier molecular flexibility index (Phi) is 8.23. The van der Waals surface area contributed by atoms with Gasteiger partial charge in [0.15, 0.2) is 0 Å². The fourth-order valence-corrected chi connectivity index (χ4v) is 4.92. The van der Waals surface area contributed by atoms with Crippen molar-refractivity contribution in [1.29, 1.82) is 0 Å². The standard InChI is InChI=1S/C24H35N3O3.ClH/c1-18-19(2)24(29)27(23(18)28)13-7-12-25-14-16-26(17-15-25)21-10-5-6-11-22(21)30-20-8-3-4-9-20;/h5-6,10-11,18-20H,3-4,7-9,12-17H2,1-2H3;1H. The van der Waals surface area contributed by atoms with Crippen molar-refractivity contribution < 1.29 is 14.3 Å². The Morgan fingerprint density at radius 1 is 0.903 bits per heavy atom. The van der Waals surface area contributed by atoms with E-state index in [9.17, 15) is 9.59 Å². The lowest BCUT2D eigenvalue weighted by atomic mass is 10.00. The zero-order chi connectivity index (χ0) is 21.1. The second kappa shape index (κ2) is 10.7. The average molecular weight is 450 g/mol.